The lowest BCUT2D eigenvalue weighted by atomic mass is 9.81. The second-order valence-corrected chi connectivity index (χ2v) is 8.01. The summed E-state index contributed by atoms with van der Waals surface area (Å²) in [5, 5.41) is 0. The summed E-state index contributed by atoms with van der Waals surface area (Å²) in [6, 6.07) is 13.2. The SMILES string of the molecule is COc1cccc(C(=O)Oc2ccc(N3C(=O)[C@@H]4[C@H]5CC[C@@H](C5)[C@H]4C3=O)cc2)c1. The van der Waals surface area contributed by atoms with Crippen LogP contribution in [0, 0.1) is 23.7 Å². The molecule has 2 aromatic rings. The first-order valence-electron chi connectivity index (χ1n) is 9.91. The summed E-state index contributed by atoms with van der Waals surface area (Å²) < 4.78 is 10.5. The number of amides is 2. The molecule has 6 nitrogen and oxygen atoms in total. The standard InChI is InChI=1S/C23H21NO5/c1-28-18-4-2-3-15(12-18)23(27)29-17-9-7-16(8-10-17)24-21(25)19-13-5-6-14(11-13)20(19)22(24)26/h2-4,7-10,12-14,19-20H,5-6,11H2,1H3/t13-,14-,19+,20+/m0/s1. The van der Waals surface area contributed by atoms with Gasteiger partial charge in [-0.1, -0.05) is 6.07 Å². The molecule has 2 aromatic carbocycles. The van der Waals surface area contributed by atoms with Gasteiger partial charge in [-0.3, -0.25) is 14.5 Å². The summed E-state index contributed by atoms with van der Waals surface area (Å²) in [4.78, 5) is 39.5. The van der Waals surface area contributed by atoms with Crippen LogP contribution in [-0.2, 0) is 9.59 Å². The smallest absolute Gasteiger partial charge is 0.343 e. The van der Waals surface area contributed by atoms with Crippen LogP contribution >= 0.6 is 0 Å². The number of imide groups is 1. The van der Waals surface area contributed by atoms with Gasteiger partial charge in [0.2, 0.25) is 11.8 Å². The number of hydrogen-bond acceptors (Lipinski definition) is 5. The minimum Gasteiger partial charge on any atom is -0.497 e. The highest BCUT2D eigenvalue weighted by atomic mass is 16.5. The van der Waals surface area contributed by atoms with Gasteiger partial charge in [-0.15, -0.1) is 0 Å². The summed E-state index contributed by atoms with van der Waals surface area (Å²) in [5.74, 6) is 0.682. The minimum absolute atomic E-state index is 0.0756. The second kappa shape index (κ2) is 6.72. The Morgan fingerprint density at radius 2 is 1.59 bits per heavy atom. The zero-order valence-electron chi connectivity index (χ0n) is 16.0. The first kappa shape index (κ1) is 17.9. The molecule has 0 unspecified atom stereocenters. The molecule has 3 fully saturated rings. The summed E-state index contributed by atoms with van der Waals surface area (Å²) in [5.41, 5.74) is 0.914. The Balaban J connectivity index is 1.32. The van der Waals surface area contributed by atoms with E-state index in [1.54, 1.807) is 48.5 Å². The van der Waals surface area contributed by atoms with Crippen LogP contribution in [-0.4, -0.2) is 24.9 Å². The molecule has 3 aliphatic rings. The molecule has 29 heavy (non-hydrogen) atoms. The summed E-state index contributed by atoms with van der Waals surface area (Å²) in [6.07, 6.45) is 3.12. The molecule has 4 atom stereocenters. The Hall–Kier alpha value is -3.15. The van der Waals surface area contributed by atoms with Crippen molar-refractivity contribution in [2.24, 2.45) is 23.7 Å². The maximum atomic E-state index is 12.9. The Morgan fingerprint density at radius 1 is 0.931 bits per heavy atom. The van der Waals surface area contributed by atoms with Crippen LogP contribution < -0.4 is 14.4 Å². The number of anilines is 1. The molecule has 1 aliphatic heterocycles. The third kappa shape index (κ3) is 2.82. The van der Waals surface area contributed by atoms with Crippen LogP contribution in [0.15, 0.2) is 48.5 Å². The summed E-state index contributed by atoms with van der Waals surface area (Å²) in [6.45, 7) is 0. The highest BCUT2D eigenvalue weighted by molar-refractivity contribution is 6.22. The largest absolute Gasteiger partial charge is 0.497 e. The fourth-order valence-corrected chi connectivity index (χ4v) is 5.24. The topological polar surface area (TPSA) is 72.9 Å². The third-order valence-electron chi connectivity index (χ3n) is 6.54. The fourth-order valence-electron chi connectivity index (χ4n) is 5.24. The van der Waals surface area contributed by atoms with Crippen LogP contribution in [0.4, 0.5) is 5.69 Å². The molecular formula is C23H21NO5. The van der Waals surface area contributed by atoms with Crippen LogP contribution in [0.2, 0.25) is 0 Å². The molecular weight excluding hydrogens is 370 g/mol. The lowest BCUT2D eigenvalue weighted by molar-refractivity contribution is -0.123. The molecule has 0 spiro atoms. The zero-order chi connectivity index (χ0) is 20.1. The zero-order valence-corrected chi connectivity index (χ0v) is 16.0. The summed E-state index contributed by atoms with van der Waals surface area (Å²) in [7, 11) is 1.53. The van der Waals surface area contributed by atoms with E-state index in [2.05, 4.69) is 0 Å². The van der Waals surface area contributed by atoms with Crippen LogP contribution in [0.25, 0.3) is 0 Å². The van der Waals surface area contributed by atoms with E-state index in [4.69, 9.17) is 9.47 Å². The molecule has 6 heteroatoms. The highest BCUT2D eigenvalue weighted by Crippen LogP contribution is 2.56. The number of hydrogen-bond donors (Lipinski definition) is 0. The van der Waals surface area contributed by atoms with Gasteiger partial charge in [-0.25, -0.2) is 4.79 Å². The van der Waals surface area contributed by atoms with Crippen LogP contribution in [0.3, 0.4) is 0 Å². The molecule has 0 radical (unpaired) electrons. The number of fused-ring (bicyclic) bond motifs is 5. The van der Waals surface area contributed by atoms with Crippen molar-refractivity contribution in [3.05, 3.63) is 54.1 Å². The molecule has 2 amide bonds. The van der Waals surface area contributed by atoms with Crippen molar-refractivity contribution in [1.82, 2.24) is 0 Å². The van der Waals surface area contributed by atoms with Gasteiger partial charge >= 0.3 is 5.97 Å². The highest BCUT2D eigenvalue weighted by Gasteiger charge is 2.61. The number of methoxy groups -OCH3 is 1. The second-order valence-electron chi connectivity index (χ2n) is 8.01. The van der Waals surface area contributed by atoms with Crippen molar-refractivity contribution in [2.45, 2.75) is 19.3 Å². The monoisotopic (exact) mass is 391 g/mol. The van der Waals surface area contributed by atoms with Gasteiger partial charge in [-0.05, 0) is 73.6 Å². The minimum atomic E-state index is -0.504. The van der Waals surface area contributed by atoms with Gasteiger partial charge in [0.15, 0.2) is 0 Å². The van der Waals surface area contributed by atoms with Gasteiger partial charge in [-0.2, -0.15) is 0 Å². The van der Waals surface area contributed by atoms with Crippen molar-refractivity contribution in [1.29, 1.82) is 0 Å². The van der Waals surface area contributed by atoms with Gasteiger partial charge in [0.1, 0.15) is 11.5 Å². The van der Waals surface area contributed by atoms with Crippen molar-refractivity contribution in [3.63, 3.8) is 0 Å². The van der Waals surface area contributed by atoms with Gasteiger partial charge in [0, 0.05) is 0 Å². The molecule has 2 bridgehead atoms. The normalized spacial score (nSPS) is 27.3. The Kier molecular flexibility index (Phi) is 4.15. The number of carbonyl (C=O) groups excluding carboxylic acids is 3. The number of esters is 1. The van der Waals surface area contributed by atoms with Crippen molar-refractivity contribution >= 4 is 23.5 Å². The number of rotatable bonds is 4. The van der Waals surface area contributed by atoms with E-state index < -0.39 is 5.97 Å². The van der Waals surface area contributed by atoms with Crippen molar-refractivity contribution < 1.29 is 23.9 Å². The Morgan fingerprint density at radius 3 is 2.21 bits per heavy atom. The first-order chi connectivity index (χ1) is 14.1. The predicted octanol–water partition coefficient (Wildman–Crippen LogP) is 3.45. The Bertz CT molecular complexity index is 971. The Labute approximate surface area is 168 Å². The van der Waals surface area contributed by atoms with E-state index >= 15 is 0 Å². The van der Waals surface area contributed by atoms with E-state index in [-0.39, 0.29) is 23.7 Å². The van der Waals surface area contributed by atoms with Crippen LogP contribution in [0.1, 0.15) is 29.6 Å². The maximum Gasteiger partial charge on any atom is 0.343 e. The van der Waals surface area contributed by atoms with Crippen molar-refractivity contribution in [2.75, 3.05) is 12.0 Å². The molecule has 148 valence electrons. The molecule has 0 N–H and O–H groups in total. The van der Waals surface area contributed by atoms with Gasteiger partial charge in [0.25, 0.3) is 0 Å². The predicted molar refractivity (Wildman–Crippen MR) is 105 cm³/mol. The van der Waals surface area contributed by atoms with E-state index in [0.29, 0.717) is 34.6 Å². The quantitative estimate of drug-likeness (QED) is 0.453. The summed E-state index contributed by atoms with van der Waals surface area (Å²) >= 11 is 0. The van der Waals surface area contributed by atoms with Gasteiger partial charge < -0.3 is 9.47 Å². The lowest BCUT2D eigenvalue weighted by Gasteiger charge is -2.19. The maximum absolute atomic E-state index is 12.9. The number of ether oxygens (including phenoxy) is 2. The first-order valence-corrected chi connectivity index (χ1v) is 9.91. The van der Waals surface area contributed by atoms with E-state index in [1.807, 2.05) is 0 Å². The number of carbonyl (C=O) groups is 3. The van der Waals surface area contributed by atoms with E-state index in [9.17, 15) is 14.4 Å². The molecule has 1 saturated heterocycles. The number of benzene rings is 2. The van der Waals surface area contributed by atoms with E-state index in [1.165, 1.54) is 12.0 Å². The average Bonchev–Trinajstić information content (AvgIpc) is 3.43. The van der Waals surface area contributed by atoms with Gasteiger partial charge in [0.05, 0.1) is 30.2 Å². The molecule has 0 aromatic heterocycles. The van der Waals surface area contributed by atoms with Crippen molar-refractivity contribution in [3.8, 4) is 11.5 Å². The lowest BCUT2D eigenvalue weighted by Crippen LogP contribution is -2.32. The molecule has 5 rings (SSSR count). The molecule has 1 heterocycles. The molecule has 2 saturated carbocycles. The van der Waals surface area contributed by atoms with E-state index in [0.717, 1.165) is 19.3 Å². The number of nitrogens with zero attached hydrogens (tertiary/aromatic N) is 1. The fraction of sp³-hybridized carbons (Fsp3) is 0.348. The molecule has 2 aliphatic carbocycles. The third-order valence-corrected chi connectivity index (χ3v) is 6.54. The van der Waals surface area contributed by atoms with Crippen LogP contribution in [0.5, 0.6) is 11.5 Å². The average molecular weight is 391 g/mol.